The third-order valence-corrected chi connectivity index (χ3v) is 5.61. The Kier molecular flexibility index (Phi) is 7.02. The van der Waals surface area contributed by atoms with Crippen LogP contribution in [0, 0.1) is 0 Å². The highest BCUT2D eigenvalue weighted by atomic mass is 35.5. The van der Waals surface area contributed by atoms with Crippen molar-refractivity contribution in [1.82, 2.24) is 10.4 Å². The van der Waals surface area contributed by atoms with Crippen molar-refractivity contribution in [2.24, 2.45) is 0 Å². The molecule has 3 rings (SSSR count). The molecule has 2 aromatic rings. The summed E-state index contributed by atoms with van der Waals surface area (Å²) in [5, 5.41) is 1.33. The number of nitrogens with one attached hydrogen (secondary N) is 1. The third-order valence-electron chi connectivity index (χ3n) is 3.97. The summed E-state index contributed by atoms with van der Waals surface area (Å²) in [7, 11) is 1.55. The van der Waals surface area contributed by atoms with Gasteiger partial charge >= 0.3 is 0 Å². The van der Waals surface area contributed by atoms with Gasteiger partial charge in [-0.05, 0) is 62.0 Å². The topological polar surface area (TPSA) is 67.9 Å². The van der Waals surface area contributed by atoms with Gasteiger partial charge in [0.05, 0.1) is 28.7 Å². The number of benzene rings is 2. The molecule has 156 valence electrons. The molecule has 1 saturated heterocycles. The van der Waals surface area contributed by atoms with Crippen molar-refractivity contribution in [3.63, 3.8) is 0 Å². The number of carbonyl (C=O) groups excluding carboxylic acids is 2. The highest BCUT2D eigenvalue weighted by Crippen LogP contribution is 2.34. The Balaban J connectivity index is 1.79. The molecule has 6 nitrogen and oxygen atoms in total. The Hall–Kier alpha value is -2.55. The van der Waals surface area contributed by atoms with E-state index in [1.165, 1.54) is 0 Å². The number of carbonyl (C=O) groups is 2. The number of thiocarbonyl (C=S) groups is 1. The minimum Gasteiger partial charge on any atom is -0.493 e. The number of hydrazine groups is 1. The lowest BCUT2D eigenvalue weighted by atomic mass is 10.2. The zero-order valence-electron chi connectivity index (χ0n) is 16.5. The molecular weight excluding hydrogens is 444 g/mol. The summed E-state index contributed by atoms with van der Waals surface area (Å²) in [5.74, 6) is 0.228. The average Bonchev–Trinajstić information content (AvgIpc) is 2.96. The molecule has 1 fully saturated rings. The second-order valence-electron chi connectivity index (χ2n) is 6.51. The van der Waals surface area contributed by atoms with Crippen LogP contribution in [0.1, 0.15) is 29.8 Å². The highest BCUT2D eigenvalue weighted by Gasteiger charge is 2.34. The molecule has 30 heavy (non-hydrogen) atoms. The van der Waals surface area contributed by atoms with Crippen molar-refractivity contribution in [1.29, 1.82) is 0 Å². The van der Waals surface area contributed by atoms with Crippen LogP contribution in [-0.4, -0.2) is 34.4 Å². The van der Waals surface area contributed by atoms with E-state index in [0.29, 0.717) is 16.4 Å². The summed E-state index contributed by atoms with van der Waals surface area (Å²) in [6.45, 7) is 3.85. The number of rotatable bonds is 6. The summed E-state index contributed by atoms with van der Waals surface area (Å²) in [6.07, 6.45) is 1.69. The Labute approximate surface area is 189 Å². The largest absolute Gasteiger partial charge is 0.493 e. The lowest BCUT2D eigenvalue weighted by molar-refractivity contribution is -0.123. The number of ether oxygens (including phenoxy) is 2. The number of hydrogen-bond acceptors (Lipinski definition) is 6. The summed E-state index contributed by atoms with van der Waals surface area (Å²) in [4.78, 5) is 25.6. The van der Waals surface area contributed by atoms with E-state index in [-0.39, 0.29) is 21.0 Å². The van der Waals surface area contributed by atoms with E-state index in [0.717, 1.165) is 22.3 Å². The van der Waals surface area contributed by atoms with E-state index >= 15 is 0 Å². The van der Waals surface area contributed by atoms with Gasteiger partial charge in [-0.25, -0.2) is 0 Å². The lowest BCUT2D eigenvalue weighted by Crippen LogP contribution is -2.44. The summed E-state index contributed by atoms with van der Waals surface area (Å²) >= 11 is 12.4. The van der Waals surface area contributed by atoms with Gasteiger partial charge in [0, 0.05) is 0 Å². The lowest BCUT2D eigenvalue weighted by Gasteiger charge is -2.16. The third kappa shape index (κ3) is 4.95. The van der Waals surface area contributed by atoms with Crippen LogP contribution in [0.25, 0.3) is 6.08 Å². The van der Waals surface area contributed by atoms with E-state index < -0.39 is 11.8 Å². The van der Waals surface area contributed by atoms with Crippen LogP contribution >= 0.6 is 35.6 Å². The van der Waals surface area contributed by atoms with Gasteiger partial charge in [0.2, 0.25) is 0 Å². The van der Waals surface area contributed by atoms with E-state index in [1.54, 1.807) is 49.6 Å². The zero-order chi connectivity index (χ0) is 21.8. The molecule has 0 radical (unpaired) electrons. The van der Waals surface area contributed by atoms with Gasteiger partial charge in [-0.1, -0.05) is 41.6 Å². The summed E-state index contributed by atoms with van der Waals surface area (Å²) < 4.78 is 11.3. The van der Waals surface area contributed by atoms with E-state index in [1.807, 2.05) is 19.9 Å². The molecule has 0 saturated carbocycles. The van der Waals surface area contributed by atoms with E-state index in [4.69, 9.17) is 33.3 Å². The van der Waals surface area contributed by atoms with Crippen LogP contribution in [-0.2, 0) is 4.79 Å². The van der Waals surface area contributed by atoms with Gasteiger partial charge in [-0.15, -0.1) is 0 Å². The van der Waals surface area contributed by atoms with Gasteiger partial charge in [0.25, 0.3) is 11.8 Å². The Morgan fingerprint density at radius 2 is 1.97 bits per heavy atom. The first-order valence-electron chi connectivity index (χ1n) is 8.98. The monoisotopic (exact) mass is 462 g/mol. The molecule has 0 bridgehead atoms. The second kappa shape index (κ2) is 9.51. The molecule has 0 aliphatic carbocycles. The standard InChI is InChI=1S/C21H19ClN2O4S2/c1-12(2)28-16-9-8-13(10-17(16)27-3)11-18-20(26)24(21(29)30-18)23-19(25)14-6-4-5-7-15(14)22/h4-12H,1-3H3,(H,23,25)/b18-11-. The minimum atomic E-state index is -0.519. The maximum Gasteiger partial charge on any atom is 0.285 e. The predicted octanol–water partition coefficient (Wildman–Crippen LogP) is 4.68. The summed E-state index contributed by atoms with van der Waals surface area (Å²) in [6, 6.07) is 11.9. The van der Waals surface area contributed by atoms with Gasteiger partial charge in [0.15, 0.2) is 15.8 Å². The molecule has 0 atom stereocenters. The summed E-state index contributed by atoms with van der Waals surface area (Å²) in [5.41, 5.74) is 3.51. The van der Waals surface area contributed by atoms with Gasteiger partial charge in [0.1, 0.15) is 0 Å². The van der Waals surface area contributed by atoms with E-state index in [2.05, 4.69) is 5.43 Å². The van der Waals surface area contributed by atoms with Crippen molar-refractivity contribution >= 4 is 57.8 Å². The molecule has 0 aromatic heterocycles. The first kappa shape index (κ1) is 22.1. The number of hydrogen-bond donors (Lipinski definition) is 1. The number of nitrogens with zero attached hydrogens (tertiary/aromatic N) is 1. The number of methoxy groups -OCH3 is 1. The van der Waals surface area contributed by atoms with Crippen LogP contribution in [0.15, 0.2) is 47.4 Å². The molecule has 1 heterocycles. The quantitative estimate of drug-likeness (QED) is 0.496. The van der Waals surface area contributed by atoms with Crippen molar-refractivity contribution in [3.8, 4) is 11.5 Å². The fourth-order valence-corrected chi connectivity index (χ4v) is 4.05. The fourth-order valence-electron chi connectivity index (χ4n) is 2.65. The Morgan fingerprint density at radius 3 is 2.63 bits per heavy atom. The predicted molar refractivity (Wildman–Crippen MR) is 123 cm³/mol. The Morgan fingerprint density at radius 1 is 1.23 bits per heavy atom. The van der Waals surface area contributed by atoms with Crippen LogP contribution in [0.3, 0.4) is 0 Å². The van der Waals surface area contributed by atoms with Crippen molar-refractivity contribution in [2.75, 3.05) is 7.11 Å². The number of halogens is 1. The minimum absolute atomic E-state index is 0.00253. The van der Waals surface area contributed by atoms with Crippen molar-refractivity contribution < 1.29 is 19.1 Å². The highest BCUT2D eigenvalue weighted by molar-refractivity contribution is 8.26. The van der Waals surface area contributed by atoms with Crippen molar-refractivity contribution in [2.45, 2.75) is 20.0 Å². The van der Waals surface area contributed by atoms with Crippen LogP contribution in [0.2, 0.25) is 5.02 Å². The fraction of sp³-hybridized carbons (Fsp3) is 0.190. The maximum absolute atomic E-state index is 12.8. The molecule has 9 heteroatoms. The molecule has 0 unspecified atom stereocenters. The second-order valence-corrected chi connectivity index (χ2v) is 8.60. The molecule has 1 N–H and O–H groups in total. The van der Waals surface area contributed by atoms with Gasteiger partial charge < -0.3 is 9.47 Å². The Bertz CT molecular complexity index is 1040. The maximum atomic E-state index is 12.8. The molecule has 1 aliphatic heterocycles. The number of thioether (sulfide) groups is 1. The van der Waals surface area contributed by atoms with Crippen LogP contribution in [0.4, 0.5) is 0 Å². The number of amides is 2. The van der Waals surface area contributed by atoms with Crippen molar-refractivity contribution in [3.05, 3.63) is 63.5 Å². The average molecular weight is 463 g/mol. The van der Waals surface area contributed by atoms with E-state index in [9.17, 15) is 9.59 Å². The first-order valence-corrected chi connectivity index (χ1v) is 10.6. The molecule has 2 amide bonds. The SMILES string of the molecule is COc1cc(/C=C2\SC(=S)N(NC(=O)c3ccccc3Cl)C2=O)ccc1OC(C)C. The van der Waals surface area contributed by atoms with Crippen LogP contribution < -0.4 is 14.9 Å². The molecule has 2 aromatic carbocycles. The zero-order valence-corrected chi connectivity index (χ0v) is 18.9. The molecule has 0 spiro atoms. The normalized spacial score (nSPS) is 15.1. The van der Waals surface area contributed by atoms with Crippen LogP contribution in [0.5, 0.6) is 11.5 Å². The van der Waals surface area contributed by atoms with Gasteiger partial charge in [-0.2, -0.15) is 5.01 Å². The smallest absolute Gasteiger partial charge is 0.285 e. The first-order chi connectivity index (χ1) is 14.3. The molecule has 1 aliphatic rings. The van der Waals surface area contributed by atoms with Gasteiger partial charge in [-0.3, -0.25) is 15.0 Å². The molecular formula is C21H19ClN2O4S2.